The van der Waals surface area contributed by atoms with Crippen LogP contribution in [0, 0.1) is 0 Å². The first-order valence-corrected chi connectivity index (χ1v) is 5.55. The molecule has 0 bridgehead atoms. The van der Waals surface area contributed by atoms with Gasteiger partial charge in [-0.2, -0.15) is 23.1 Å². The number of hydrogen-bond donors (Lipinski definition) is 1. The zero-order chi connectivity index (χ0) is 8.10. The summed E-state index contributed by atoms with van der Waals surface area (Å²) in [5.41, 5.74) is 1.36. The smallest absolute Gasteiger partial charge is 0.0547 e. The van der Waals surface area contributed by atoms with E-state index in [9.17, 15) is 0 Å². The zero-order valence-electron chi connectivity index (χ0n) is 6.49. The summed E-state index contributed by atoms with van der Waals surface area (Å²) in [5, 5.41) is 13.3. The van der Waals surface area contributed by atoms with Gasteiger partial charge in [-0.1, -0.05) is 6.92 Å². The molecule has 3 heteroatoms. The Labute approximate surface area is 75.4 Å². The molecule has 1 heterocycles. The predicted octanol–water partition coefficient (Wildman–Crippen LogP) is 2.36. The normalized spacial score (nSPS) is 13.3. The Bertz CT molecular complexity index is 184. The Hall–Kier alpha value is 0.01000. The Morgan fingerprint density at radius 3 is 3.09 bits per heavy atom. The molecular formula is C8H12OS2. The monoisotopic (exact) mass is 188 g/mol. The molecule has 0 aliphatic carbocycles. The van der Waals surface area contributed by atoms with Crippen molar-refractivity contribution in [3.05, 3.63) is 22.4 Å². The Morgan fingerprint density at radius 2 is 2.55 bits per heavy atom. The van der Waals surface area contributed by atoms with E-state index in [1.807, 2.05) is 6.92 Å². The first kappa shape index (κ1) is 9.10. The van der Waals surface area contributed by atoms with Gasteiger partial charge in [0.25, 0.3) is 0 Å². The molecule has 1 aromatic heterocycles. The van der Waals surface area contributed by atoms with Crippen LogP contribution in [0.2, 0.25) is 0 Å². The van der Waals surface area contributed by atoms with Crippen LogP contribution in [0.3, 0.4) is 0 Å². The average molecular weight is 188 g/mol. The van der Waals surface area contributed by atoms with Gasteiger partial charge in [0.05, 0.1) is 6.61 Å². The van der Waals surface area contributed by atoms with Gasteiger partial charge in [-0.25, -0.2) is 0 Å². The summed E-state index contributed by atoms with van der Waals surface area (Å²) in [6.45, 7) is 2.31. The van der Waals surface area contributed by atoms with Gasteiger partial charge in [0.15, 0.2) is 0 Å². The van der Waals surface area contributed by atoms with Crippen molar-refractivity contribution in [1.29, 1.82) is 0 Å². The Balaban J connectivity index is 2.23. The lowest BCUT2D eigenvalue weighted by atomic mass is 10.4. The lowest BCUT2D eigenvalue weighted by molar-refractivity contribution is 0.300. The van der Waals surface area contributed by atoms with Gasteiger partial charge < -0.3 is 5.11 Å². The van der Waals surface area contributed by atoms with Crippen molar-refractivity contribution in [3.63, 3.8) is 0 Å². The van der Waals surface area contributed by atoms with Crippen LogP contribution >= 0.6 is 23.1 Å². The standard InChI is InChI=1S/C8H12OS2/c1-7(4-9)11-6-8-2-3-10-5-8/h2-3,5,7,9H,4,6H2,1H3. The molecule has 0 radical (unpaired) electrons. The summed E-state index contributed by atoms with van der Waals surface area (Å²) in [6.07, 6.45) is 0. The molecule has 0 amide bonds. The number of thioether (sulfide) groups is 1. The summed E-state index contributed by atoms with van der Waals surface area (Å²) < 4.78 is 0. The largest absolute Gasteiger partial charge is 0.395 e. The van der Waals surface area contributed by atoms with Gasteiger partial charge in [0, 0.05) is 11.0 Å². The third-order valence-corrected chi connectivity index (χ3v) is 3.32. The fourth-order valence-corrected chi connectivity index (χ4v) is 2.20. The first-order valence-electron chi connectivity index (χ1n) is 3.56. The molecule has 11 heavy (non-hydrogen) atoms. The van der Waals surface area contributed by atoms with Gasteiger partial charge >= 0.3 is 0 Å². The van der Waals surface area contributed by atoms with Crippen LogP contribution in [0.1, 0.15) is 12.5 Å². The fourth-order valence-electron chi connectivity index (χ4n) is 0.666. The highest BCUT2D eigenvalue weighted by atomic mass is 32.2. The zero-order valence-corrected chi connectivity index (χ0v) is 8.12. The molecule has 0 fully saturated rings. The molecule has 0 saturated carbocycles. The SMILES string of the molecule is CC(CO)SCc1ccsc1. The van der Waals surface area contributed by atoms with Crippen molar-refractivity contribution in [3.8, 4) is 0 Å². The third-order valence-electron chi connectivity index (χ3n) is 1.37. The highest BCUT2D eigenvalue weighted by Gasteiger charge is 2.00. The molecule has 0 spiro atoms. The minimum absolute atomic E-state index is 0.273. The van der Waals surface area contributed by atoms with Crippen molar-refractivity contribution in [2.24, 2.45) is 0 Å². The van der Waals surface area contributed by atoms with Crippen LogP contribution in [0.4, 0.5) is 0 Å². The van der Waals surface area contributed by atoms with Gasteiger partial charge in [0.1, 0.15) is 0 Å². The van der Waals surface area contributed by atoms with E-state index in [0.29, 0.717) is 5.25 Å². The minimum Gasteiger partial charge on any atom is -0.395 e. The van der Waals surface area contributed by atoms with Crippen molar-refractivity contribution < 1.29 is 5.11 Å². The molecule has 1 N–H and O–H groups in total. The van der Waals surface area contributed by atoms with Crippen LogP contribution in [-0.2, 0) is 5.75 Å². The van der Waals surface area contributed by atoms with E-state index in [1.165, 1.54) is 5.56 Å². The molecule has 0 aliphatic rings. The van der Waals surface area contributed by atoms with Crippen LogP contribution in [-0.4, -0.2) is 17.0 Å². The summed E-state index contributed by atoms with van der Waals surface area (Å²) in [5.74, 6) is 1.02. The molecule has 1 rings (SSSR count). The molecular weight excluding hydrogens is 176 g/mol. The number of aliphatic hydroxyl groups excluding tert-OH is 1. The maximum atomic E-state index is 8.75. The summed E-state index contributed by atoms with van der Waals surface area (Å²) in [7, 11) is 0. The van der Waals surface area contributed by atoms with Crippen LogP contribution in [0.25, 0.3) is 0 Å². The maximum absolute atomic E-state index is 8.75. The van der Waals surface area contributed by atoms with Crippen molar-refractivity contribution in [1.82, 2.24) is 0 Å². The molecule has 1 atom stereocenters. The molecule has 1 aromatic rings. The van der Waals surface area contributed by atoms with E-state index >= 15 is 0 Å². The quantitative estimate of drug-likeness (QED) is 0.782. The van der Waals surface area contributed by atoms with E-state index in [2.05, 4.69) is 16.8 Å². The highest BCUT2D eigenvalue weighted by Crippen LogP contribution is 2.18. The number of aliphatic hydroxyl groups is 1. The van der Waals surface area contributed by atoms with Crippen molar-refractivity contribution >= 4 is 23.1 Å². The highest BCUT2D eigenvalue weighted by molar-refractivity contribution is 7.99. The van der Waals surface area contributed by atoms with E-state index in [4.69, 9.17) is 5.11 Å². The summed E-state index contributed by atoms with van der Waals surface area (Å²) in [6, 6.07) is 2.13. The van der Waals surface area contributed by atoms with E-state index in [0.717, 1.165) is 5.75 Å². The Kier molecular flexibility index (Phi) is 3.97. The van der Waals surface area contributed by atoms with E-state index in [-0.39, 0.29) is 6.61 Å². The van der Waals surface area contributed by atoms with Gasteiger partial charge in [-0.3, -0.25) is 0 Å². The van der Waals surface area contributed by atoms with Gasteiger partial charge in [0.2, 0.25) is 0 Å². The number of rotatable bonds is 4. The first-order chi connectivity index (χ1) is 5.33. The molecule has 62 valence electrons. The average Bonchev–Trinajstić information content (AvgIpc) is 2.52. The summed E-state index contributed by atoms with van der Waals surface area (Å²) >= 11 is 3.51. The molecule has 1 nitrogen and oxygen atoms in total. The third kappa shape index (κ3) is 3.27. The molecule has 0 aliphatic heterocycles. The van der Waals surface area contributed by atoms with Crippen LogP contribution in [0.5, 0.6) is 0 Å². The summed E-state index contributed by atoms with van der Waals surface area (Å²) in [4.78, 5) is 0. The van der Waals surface area contributed by atoms with Gasteiger partial charge in [-0.05, 0) is 22.4 Å². The van der Waals surface area contributed by atoms with E-state index in [1.54, 1.807) is 23.1 Å². The number of thiophene rings is 1. The lowest BCUT2D eigenvalue weighted by Crippen LogP contribution is -2.01. The maximum Gasteiger partial charge on any atom is 0.0547 e. The predicted molar refractivity (Wildman–Crippen MR) is 52.2 cm³/mol. The lowest BCUT2D eigenvalue weighted by Gasteiger charge is -2.04. The fraction of sp³-hybridized carbons (Fsp3) is 0.500. The second kappa shape index (κ2) is 4.80. The Morgan fingerprint density at radius 1 is 1.73 bits per heavy atom. The topological polar surface area (TPSA) is 20.2 Å². The van der Waals surface area contributed by atoms with Crippen LogP contribution < -0.4 is 0 Å². The van der Waals surface area contributed by atoms with Gasteiger partial charge in [-0.15, -0.1) is 0 Å². The minimum atomic E-state index is 0.273. The molecule has 0 saturated heterocycles. The van der Waals surface area contributed by atoms with Crippen molar-refractivity contribution in [2.75, 3.05) is 6.61 Å². The molecule has 0 aromatic carbocycles. The van der Waals surface area contributed by atoms with Crippen molar-refractivity contribution in [2.45, 2.75) is 17.9 Å². The second-order valence-electron chi connectivity index (χ2n) is 2.44. The second-order valence-corrected chi connectivity index (χ2v) is 4.64. The van der Waals surface area contributed by atoms with E-state index < -0.39 is 0 Å². The number of hydrogen-bond acceptors (Lipinski definition) is 3. The van der Waals surface area contributed by atoms with Crippen LogP contribution in [0.15, 0.2) is 16.8 Å². The molecule has 1 unspecified atom stereocenters.